The van der Waals surface area contributed by atoms with Crippen molar-refractivity contribution >= 4 is 85.7 Å². The van der Waals surface area contributed by atoms with Crippen LogP contribution in [0.1, 0.15) is 0 Å². The number of nitrogens with one attached hydrogen (secondary N) is 2. The summed E-state index contributed by atoms with van der Waals surface area (Å²) in [7, 11) is -7.78. The van der Waals surface area contributed by atoms with Gasteiger partial charge in [-0.3, -0.25) is 9.44 Å². The summed E-state index contributed by atoms with van der Waals surface area (Å²) >= 11 is 13.5. The molecule has 1 heterocycles. The maximum absolute atomic E-state index is 12.8. The van der Waals surface area contributed by atoms with Gasteiger partial charge in [0.05, 0.1) is 16.3 Å². The van der Waals surface area contributed by atoms with E-state index < -0.39 is 20.0 Å². The summed E-state index contributed by atoms with van der Waals surface area (Å²) in [5.41, 5.74) is 1.20. The van der Waals surface area contributed by atoms with Gasteiger partial charge in [-0.1, -0.05) is 45.7 Å². The van der Waals surface area contributed by atoms with Crippen LogP contribution in [-0.2, 0) is 20.0 Å². The van der Waals surface area contributed by atoms with E-state index in [2.05, 4.69) is 46.3 Å². The van der Waals surface area contributed by atoms with Crippen LogP contribution in [0.5, 0.6) is 0 Å². The Labute approximate surface area is 222 Å². The van der Waals surface area contributed by atoms with E-state index in [0.29, 0.717) is 26.4 Å². The minimum Gasteiger partial charge on any atom is -0.279 e. The van der Waals surface area contributed by atoms with Gasteiger partial charge in [-0.05, 0) is 64.5 Å². The lowest BCUT2D eigenvalue weighted by Gasteiger charge is -2.11. The molecule has 0 bridgehead atoms. The molecule has 4 aromatic rings. The largest absolute Gasteiger partial charge is 0.279 e. The highest BCUT2D eigenvalue weighted by atomic mass is 79.9. The molecule has 1 aromatic heterocycles. The Morgan fingerprint density at radius 3 is 2.26 bits per heavy atom. The molecule has 7 nitrogen and oxygen atoms in total. The van der Waals surface area contributed by atoms with Gasteiger partial charge in [-0.25, -0.2) is 21.8 Å². The third kappa shape index (κ3) is 5.64. The van der Waals surface area contributed by atoms with E-state index in [1.807, 2.05) is 0 Å². The molecule has 0 aliphatic rings. The van der Waals surface area contributed by atoms with Gasteiger partial charge in [0.15, 0.2) is 5.13 Å². The number of aromatic nitrogens is 1. The van der Waals surface area contributed by atoms with Crippen molar-refractivity contribution < 1.29 is 16.8 Å². The Morgan fingerprint density at radius 1 is 0.853 bits per heavy atom. The van der Waals surface area contributed by atoms with Gasteiger partial charge < -0.3 is 0 Å². The van der Waals surface area contributed by atoms with E-state index >= 15 is 0 Å². The number of benzene rings is 3. The Kier molecular flexibility index (Phi) is 7.36. The Morgan fingerprint density at radius 2 is 1.56 bits per heavy atom. The molecule has 34 heavy (non-hydrogen) atoms. The maximum atomic E-state index is 12.8. The summed E-state index contributed by atoms with van der Waals surface area (Å²) in [5, 5.41) is 2.20. The zero-order chi connectivity index (χ0) is 24.5. The summed E-state index contributed by atoms with van der Waals surface area (Å²) in [6, 6.07) is 17.2. The molecule has 4 rings (SSSR count). The van der Waals surface area contributed by atoms with Crippen LogP contribution in [-0.4, -0.2) is 21.8 Å². The summed E-state index contributed by atoms with van der Waals surface area (Å²) in [5.74, 6) is 0. The first-order valence-electron chi connectivity index (χ1n) is 9.36. The van der Waals surface area contributed by atoms with Gasteiger partial charge in [0.1, 0.15) is 4.90 Å². The molecule has 0 radical (unpaired) electrons. The Hall–Kier alpha value is -1.96. The molecule has 0 atom stereocenters. The first-order valence-corrected chi connectivity index (χ1v) is 15.2. The average Bonchev–Trinajstić information content (AvgIpc) is 3.21. The van der Waals surface area contributed by atoms with Crippen molar-refractivity contribution in [1.82, 2.24) is 4.98 Å². The number of rotatable bonds is 7. The smallest absolute Gasteiger partial charge is 0.264 e. The number of hydrogen-bond acceptors (Lipinski definition) is 6. The minimum atomic E-state index is -3.90. The van der Waals surface area contributed by atoms with Crippen LogP contribution in [0, 0.1) is 0 Å². The molecule has 176 valence electrons. The fraction of sp³-hybridized carbons (Fsp3) is 0. The van der Waals surface area contributed by atoms with Crippen LogP contribution >= 0.6 is 54.8 Å². The van der Waals surface area contributed by atoms with Gasteiger partial charge in [-0.15, -0.1) is 11.3 Å². The second-order valence-electron chi connectivity index (χ2n) is 6.82. The number of anilines is 2. The molecule has 0 saturated heterocycles. The summed E-state index contributed by atoms with van der Waals surface area (Å²) < 4.78 is 57.5. The monoisotopic (exact) mass is 661 g/mol. The average molecular weight is 664 g/mol. The van der Waals surface area contributed by atoms with Crippen molar-refractivity contribution in [3.05, 3.63) is 86.1 Å². The molecule has 0 saturated carbocycles. The molecular weight excluding hydrogens is 650 g/mol. The quantitative estimate of drug-likeness (QED) is 0.232. The predicted octanol–water partition coefficient (Wildman–Crippen LogP) is 6.59. The molecule has 0 spiro atoms. The van der Waals surface area contributed by atoms with E-state index in [1.54, 1.807) is 41.8 Å². The predicted molar refractivity (Wildman–Crippen MR) is 142 cm³/mol. The Balaban J connectivity index is 1.62. The highest BCUT2D eigenvalue weighted by molar-refractivity contribution is 9.11. The lowest BCUT2D eigenvalue weighted by molar-refractivity contribution is 0.599. The molecule has 0 fully saturated rings. The van der Waals surface area contributed by atoms with Crippen LogP contribution in [0.4, 0.5) is 10.8 Å². The molecule has 3 aromatic carbocycles. The lowest BCUT2D eigenvalue weighted by Crippen LogP contribution is -2.14. The first-order chi connectivity index (χ1) is 16.0. The summed E-state index contributed by atoms with van der Waals surface area (Å²) in [4.78, 5) is 4.48. The van der Waals surface area contributed by atoms with Crippen molar-refractivity contribution in [2.45, 2.75) is 9.79 Å². The number of halogens is 3. The topological polar surface area (TPSA) is 105 Å². The fourth-order valence-corrected chi connectivity index (χ4v) is 7.84. The van der Waals surface area contributed by atoms with Crippen molar-refractivity contribution in [2.24, 2.45) is 0 Å². The maximum Gasteiger partial charge on any atom is 0.264 e. The lowest BCUT2D eigenvalue weighted by atomic mass is 10.1. The summed E-state index contributed by atoms with van der Waals surface area (Å²) in [6.07, 6.45) is 0. The second-order valence-corrected chi connectivity index (χ2v) is 13.2. The minimum absolute atomic E-state index is 0.0542. The number of hydrogen-bond donors (Lipinski definition) is 2. The van der Waals surface area contributed by atoms with Gasteiger partial charge in [0.25, 0.3) is 20.0 Å². The molecule has 13 heteroatoms. The number of para-hydroxylation sites is 1. The summed E-state index contributed by atoms with van der Waals surface area (Å²) in [6.45, 7) is 0. The van der Waals surface area contributed by atoms with Crippen LogP contribution < -0.4 is 9.44 Å². The zero-order valence-corrected chi connectivity index (χ0v) is 23.2. The van der Waals surface area contributed by atoms with Crippen molar-refractivity contribution in [1.29, 1.82) is 0 Å². The molecule has 2 N–H and O–H groups in total. The van der Waals surface area contributed by atoms with Gasteiger partial charge in [0, 0.05) is 24.9 Å². The number of thiazole rings is 1. The standard InChI is InChI=1S/C21H14Br2ClN3O4S3/c22-13-5-10-20(17(23)11-13)34(30,31)27-21-25-19(12-32-21)16-3-1-2-4-18(16)26-33(28,29)15-8-6-14(24)7-9-15/h1-12,26H,(H,25,27). The fourth-order valence-electron chi connectivity index (χ4n) is 2.92. The van der Waals surface area contributed by atoms with E-state index in [4.69, 9.17) is 11.6 Å². The van der Waals surface area contributed by atoms with Crippen LogP contribution in [0.3, 0.4) is 0 Å². The van der Waals surface area contributed by atoms with E-state index in [1.165, 1.54) is 30.3 Å². The molecule has 0 aliphatic carbocycles. The molecule has 0 aliphatic heterocycles. The Bertz CT molecular complexity index is 1580. The van der Waals surface area contributed by atoms with Crippen LogP contribution in [0.15, 0.2) is 90.8 Å². The number of nitrogens with zero attached hydrogens (tertiary/aromatic N) is 1. The zero-order valence-electron chi connectivity index (χ0n) is 16.9. The molecule has 0 unspecified atom stereocenters. The van der Waals surface area contributed by atoms with Crippen molar-refractivity contribution in [3.8, 4) is 11.3 Å². The van der Waals surface area contributed by atoms with E-state index in [0.717, 1.165) is 15.8 Å². The van der Waals surface area contributed by atoms with E-state index in [-0.39, 0.29) is 14.9 Å². The highest BCUT2D eigenvalue weighted by Crippen LogP contribution is 2.34. The van der Waals surface area contributed by atoms with Crippen LogP contribution in [0.25, 0.3) is 11.3 Å². The third-order valence-corrected chi connectivity index (χ3v) is 9.81. The molecular formula is C21H14Br2ClN3O4S3. The number of sulfonamides is 2. The highest BCUT2D eigenvalue weighted by Gasteiger charge is 2.21. The van der Waals surface area contributed by atoms with Crippen molar-refractivity contribution in [2.75, 3.05) is 9.44 Å². The van der Waals surface area contributed by atoms with Crippen molar-refractivity contribution in [3.63, 3.8) is 0 Å². The van der Waals surface area contributed by atoms with E-state index in [9.17, 15) is 16.8 Å². The second kappa shape index (κ2) is 9.96. The SMILES string of the molecule is O=S(=O)(Nc1ccccc1-c1csc(NS(=O)(=O)c2ccc(Br)cc2Br)n1)c1ccc(Cl)cc1. The van der Waals surface area contributed by atoms with Gasteiger partial charge in [-0.2, -0.15) is 0 Å². The van der Waals surface area contributed by atoms with Gasteiger partial charge >= 0.3 is 0 Å². The third-order valence-electron chi connectivity index (χ3n) is 4.48. The molecule has 0 amide bonds. The van der Waals surface area contributed by atoms with Crippen LogP contribution in [0.2, 0.25) is 5.02 Å². The first kappa shape index (κ1) is 25.1. The van der Waals surface area contributed by atoms with Gasteiger partial charge in [0.2, 0.25) is 0 Å². The normalized spacial score (nSPS) is 11.9.